The van der Waals surface area contributed by atoms with Crippen LogP contribution in [0.3, 0.4) is 0 Å². The second-order valence-electron chi connectivity index (χ2n) is 5.87. The van der Waals surface area contributed by atoms with Crippen LogP contribution in [0.15, 0.2) is 33.5 Å². The summed E-state index contributed by atoms with van der Waals surface area (Å²) in [6.07, 6.45) is 2.25. The second-order valence-corrected chi connectivity index (χ2v) is 6.65. The molecule has 4 rings (SSSR count). The fraction of sp³-hybridized carbons (Fsp3) is 0.235. The molecule has 4 aromatic rings. The lowest BCUT2D eigenvalue weighted by atomic mass is 10.2. The predicted molar refractivity (Wildman–Crippen MR) is 97.8 cm³/mol. The summed E-state index contributed by atoms with van der Waals surface area (Å²) in [6.45, 7) is 1.91. The number of hydrogen-bond acceptors (Lipinski definition) is 7. The van der Waals surface area contributed by atoms with Gasteiger partial charge in [0.25, 0.3) is 0 Å². The summed E-state index contributed by atoms with van der Waals surface area (Å²) >= 11 is 1.56. The van der Waals surface area contributed by atoms with Crippen molar-refractivity contribution in [3.8, 4) is 11.5 Å². The van der Waals surface area contributed by atoms with E-state index >= 15 is 0 Å². The van der Waals surface area contributed by atoms with Gasteiger partial charge in [-0.1, -0.05) is 0 Å². The Morgan fingerprint density at radius 2 is 2.27 bits per heavy atom. The molecule has 0 aromatic carbocycles. The lowest BCUT2D eigenvalue weighted by Gasteiger charge is -2.04. The number of thiophene rings is 1. The zero-order valence-electron chi connectivity index (χ0n) is 14.3. The number of anilines is 1. The van der Waals surface area contributed by atoms with Crippen molar-refractivity contribution in [2.24, 2.45) is 7.05 Å². The number of amides is 1. The SMILES string of the molecule is Cc1nn(C)c2ncc(NC(=O)CCc3nnc(-c4ccsc4)o3)cc12. The van der Waals surface area contributed by atoms with Gasteiger partial charge < -0.3 is 9.73 Å². The quantitative estimate of drug-likeness (QED) is 0.581. The van der Waals surface area contributed by atoms with Crippen molar-refractivity contribution in [1.29, 1.82) is 0 Å². The maximum absolute atomic E-state index is 12.2. The third-order valence-corrected chi connectivity index (χ3v) is 4.63. The summed E-state index contributed by atoms with van der Waals surface area (Å²) in [6, 6.07) is 3.79. The Bertz CT molecular complexity index is 1070. The van der Waals surface area contributed by atoms with Gasteiger partial charge in [-0.25, -0.2) is 4.98 Å². The van der Waals surface area contributed by atoms with E-state index < -0.39 is 0 Å². The van der Waals surface area contributed by atoms with E-state index in [1.165, 1.54) is 0 Å². The number of nitrogens with one attached hydrogen (secondary N) is 1. The molecule has 0 saturated heterocycles. The third kappa shape index (κ3) is 3.21. The molecule has 4 heterocycles. The lowest BCUT2D eigenvalue weighted by Crippen LogP contribution is -2.12. The summed E-state index contributed by atoms with van der Waals surface area (Å²) < 4.78 is 7.31. The van der Waals surface area contributed by atoms with Gasteiger partial charge in [-0.15, -0.1) is 10.2 Å². The molecule has 132 valence electrons. The van der Waals surface area contributed by atoms with Crippen molar-refractivity contribution in [2.45, 2.75) is 19.8 Å². The third-order valence-electron chi connectivity index (χ3n) is 3.95. The Labute approximate surface area is 152 Å². The van der Waals surface area contributed by atoms with E-state index in [1.54, 1.807) is 22.2 Å². The van der Waals surface area contributed by atoms with Crippen LogP contribution in [-0.2, 0) is 18.3 Å². The largest absolute Gasteiger partial charge is 0.421 e. The number of fused-ring (bicyclic) bond motifs is 1. The number of carbonyl (C=O) groups excluding carboxylic acids is 1. The number of rotatable bonds is 5. The highest BCUT2D eigenvalue weighted by Gasteiger charge is 2.12. The topological polar surface area (TPSA) is 98.7 Å². The van der Waals surface area contributed by atoms with Gasteiger partial charge in [0, 0.05) is 36.2 Å². The van der Waals surface area contributed by atoms with E-state index in [4.69, 9.17) is 4.42 Å². The van der Waals surface area contributed by atoms with Crippen LogP contribution in [0, 0.1) is 6.92 Å². The summed E-state index contributed by atoms with van der Waals surface area (Å²) in [5.74, 6) is 0.782. The van der Waals surface area contributed by atoms with Crippen molar-refractivity contribution in [1.82, 2.24) is 25.0 Å². The van der Waals surface area contributed by atoms with E-state index in [2.05, 4.69) is 25.6 Å². The molecular weight excluding hydrogens is 352 g/mol. The first kappa shape index (κ1) is 16.4. The minimum Gasteiger partial charge on any atom is -0.421 e. The van der Waals surface area contributed by atoms with Gasteiger partial charge in [-0.2, -0.15) is 16.4 Å². The van der Waals surface area contributed by atoms with Crippen LogP contribution in [0.1, 0.15) is 18.0 Å². The van der Waals surface area contributed by atoms with Crippen LogP contribution >= 0.6 is 11.3 Å². The fourth-order valence-electron chi connectivity index (χ4n) is 2.68. The highest BCUT2D eigenvalue weighted by atomic mass is 32.1. The number of hydrogen-bond donors (Lipinski definition) is 1. The van der Waals surface area contributed by atoms with Crippen molar-refractivity contribution < 1.29 is 9.21 Å². The molecule has 1 amide bonds. The van der Waals surface area contributed by atoms with E-state index in [0.717, 1.165) is 22.3 Å². The van der Waals surface area contributed by atoms with Crippen LogP contribution in [0.25, 0.3) is 22.5 Å². The van der Waals surface area contributed by atoms with Crippen molar-refractivity contribution >= 4 is 34.0 Å². The molecule has 0 radical (unpaired) electrons. The smallest absolute Gasteiger partial charge is 0.248 e. The zero-order chi connectivity index (χ0) is 18.1. The Morgan fingerprint density at radius 1 is 1.38 bits per heavy atom. The standard InChI is InChI=1S/C17H16N6O2S/c1-10-13-7-12(8-18-16(13)23(2)22-10)19-14(24)3-4-15-20-21-17(25-15)11-5-6-26-9-11/h5-9H,3-4H2,1-2H3,(H,19,24). The molecule has 0 aliphatic heterocycles. The molecular formula is C17H16N6O2S. The number of carbonyl (C=O) groups is 1. The average Bonchev–Trinajstić information content (AvgIpc) is 3.35. The van der Waals surface area contributed by atoms with Crippen LogP contribution in [0.2, 0.25) is 0 Å². The Hall–Kier alpha value is -3.07. The molecule has 0 bridgehead atoms. The first-order valence-electron chi connectivity index (χ1n) is 8.04. The molecule has 0 fully saturated rings. The molecule has 0 unspecified atom stereocenters. The number of nitrogens with zero attached hydrogens (tertiary/aromatic N) is 5. The number of pyridine rings is 1. The van der Waals surface area contributed by atoms with Crippen LogP contribution in [0.5, 0.6) is 0 Å². The highest BCUT2D eigenvalue weighted by Crippen LogP contribution is 2.21. The monoisotopic (exact) mass is 368 g/mol. The van der Waals surface area contributed by atoms with Gasteiger partial charge >= 0.3 is 0 Å². The summed E-state index contributed by atoms with van der Waals surface area (Å²) in [5.41, 5.74) is 3.19. The van der Waals surface area contributed by atoms with Gasteiger partial charge in [0.05, 0.1) is 17.6 Å². The van der Waals surface area contributed by atoms with E-state index in [9.17, 15) is 4.79 Å². The van der Waals surface area contributed by atoms with Crippen LogP contribution in [0.4, 0.5) is 5.69 Å². The van der Waals surface area contributed by atoms with E-state index in [0.29, 0.717) is 23.9 Å². The summed E-state index contributed by atoms with van der Waals surface area (Å²) in [5, 5.41) is 20.0. The Morgan fingerprint density at radius 3 is 3.08 bits per heavy atom. The van der Waals surface area contributed by atoms with E-state index in [-0.39, 0.29) is 12.3 Å². The van der Waals surface area contributed by atoms with Crippen molar-refractivity contribution in [3.63, 3.8) is 0 Å². The van der Waals surface area contributed by atoms with Crippen molar-refractivity contribution in [2.75, 3.05) is 5.32 Å². The minimum absolute atomic E-state index is 0.136. The highest BCUT2D eigenvalue weighted by molar-refractivity contribution is 7.08. The zero-order valence-corrected chi connectivity index (χ0v) is 15.1. The van der Waals surface area contributed by atoms with Crippen molar-refractivity contribution in [3.05, 3.63) is 40.7 Å². The van der Waals surface area contributed by atoms with Gasteiger partial charge in [0.2, 0.25) is 17.7 Å². The summed E-state index contributed by atoms with van der Waals surface area (Å²) in [4.78, 5) is 16.6. The number of aromatic nitrogens is 5. The molecule has 0 aliphatic rings. The Kier molecular flexibility index (Phi) is 4.21. The molecule has 8 nitrogen and oxygen atoms in total. The molecule has 0 saturated carbocycles. The minimum atomic E-state index is -0.136. The maximum atomic E-state index is 12.2. The lowest BCUT2D eigenvalue weighted by molar-refractivity contribution is -0.116. The van der Waals surface area contributed by atoms with Gasteiger partial charge in [-0.3, -0.25) is 9.48 Å². The molecule has 0 aliphatic carbocycles. The first-order valence-corrected chi connectivity index (χ1v) is 8.98. The van der Waals surface area contributed by atoms with Crippen LogP contribution in [-0.4, -0.2) is 30.9 Å². The van der Waals surface area contributed by atoms with E-state index in [1.807, 2.05) is 36.9 Å². The Balaban J connectivity index is 1.39. The van der Waals surface area contributed by atoms with Gasteiger partial charge in [-0.05, 0) is 24.4 Å². The number of aryl methyl sites for hydroxylation is 3. The molecule has 0 spiro atoms. The molecule has 4 aromatic heterocycles. The molecule has 0 atom stereocenters. The van der Waals surface area contributed by atoms with Crippen LogP contribution < -0.4 is 5.32 Å². The molecule has 1 N–H and O–H groups in total. The predicted octanol–water partition coefficient (Wildman–Crippen LogP) is 2.96. The average molecular weight is 368 g/mol. The molecule has 9 heteroatoms. The normalized spacial score (nSPS) is 11.2. The summed E-state index contributed by atoms with van der Waals surface area (Å²) in [7, 11) is 1.84. The van der Waals surface area contributed by atoms with Gasteiger partial charge in [0.1, 0.15) is 0 Å². The fourth-order valence-corrected chi connectivity index (χ4v) is 3.31. The first-order chi connectivity index (χ1) is 12.6. The van der Waals surface area contributed by atoms with Gasteiger partial charge in [0.15, 0.2) is 5.65 Å². The maximum Gasteiger partial charge on any atom is 0.248 e. The molecule has 26 heavy (non-hydrogen) atoms. The second kappa shape index (κ2) is 6.68.